The van der Waals surface area contributed by atoms with Crippen LogP contribution in [0.5, 0.6) is 5.75 Å². The van der Waals surface area contributed by atoms with Gasteiger partial charge in [-0.3, -0.25) is 9.69 Å². The topological polar surface area (TPSA) is 45.7 Å². The van der Waals surface area contributed by atoms with Gasteiger partial charge in [0.15, 0.2) is 0 Å². The third kappa shape index (κ3) is 4.59. The molecule has 0 aliphatic rings. The highest BCUT2D eigenvalue weighted by Crippen LogP contribution is 2.22. The summed E-state index contributed by atoms with van der Waals surface area (Å²) in [6.45, 7) is 1.61. The van der Waals surface area contributed by atoms with Crippen molar-refractivity contribution >= 4 is 27.5 Å². The van der Waals surface area contributed by atoms with Crippen molar-refractivity contribution in [1.82, 2.24) is 14.8 Å². The van der Waals surface area contributed by atoms with Crippen molar-refractivity contribution in [2.45, 2.75) is 13.1 Å². The van der Waals surface area contributed by atoms with Crippen LogP contribution >= 0.6 is 11.3 Å². The first-order valence-electron chi connectivity index (χ1n) is 8.45. The molecular weight excluding hydrogens is 346 g/mol. The molecule has 0 fully saturated rings. The standard InChI is InChI=1S/C20H23N3O2S/c1-22(13-19-21-17-6-4-5-7-18(17)26-19)14-20(24)23(2)12-15-8-10-16(25-3)11-9-15/h4-11H,12-14H2,1-3H3. The van der Waals surface area contributed by atoms with Gasteiger partial charge in [0.2, 0.25) is 5.91 Å². The van der Waals surface area contributed by atoms with E-state index in [4.69, 9.17) is 4.74 Å². The Morgan fingerprint density at radius 2 is 1.81 bits per heavy atom. The first-order chi connectivity index (χ1) is 12.5. The zero-order valence-corrected chi connectivity index (χ0v) is 16.1. The van der Waals surface area contributed by atoms with Gasteiger partial charge in [-0.1, -0.05) is 24.3 Å². The summed E-state index contributed by atoms with van der Waals surface area (Å²) in [5.74, 6) is 0.905. The lowest BCUT2D eigenvalue weighted by Crippen LogP contribution is -2.36. The second-order valence-electron chi connectivity index (χ2n) is 6.35. The van der Waals surface area contributed by atoms with E-state index in [9.17, 15) is 4.79 Å². The molecule has 0 saturated heterocycles. The largest absolute Gasteiger partial charge is 0.497 e. The predicted molar refractivity (Wildman–Crippen MR) is 105 cm³/mol. The number of ether oxygens (including phenoxy) is 1. The van der Waals surface area contributed by atoms with Crippen LogP contribution < -0.4 is 4.74 Å². The average Bonchev–Trinajstić information content (AvgIpc) is 3.04. The number of carbonyl (C=O) groups excluding carboxylic acids is 1. The molecule has 3 aromatic rings. The average molecular weight is 369 g/mol. The summed E-state index contributed by atoms with van der Waals surface area (Å²) in [7, 11) is 5.43. The van der Waals surface area contributed by atoms with Gasteiger partial charge in [0.05, 0.1) is 30.4 Å². The molecule has 0 atom stereocenters. The lowest BCUT2D eigenvalue weighted by atomic mass is 10.2. The minimum Gasteiger partial charge on any atom is -0.497 e. The number of nitrogens with zero attached hydrogens (tertiary/aromatic N) is 3. The number of rotatable bonds is 7. The van der Waals surface area contributed by atoms with Crippen LogP contribution in [0.2, 0.25) is 0 Å². The number of hydrogen-bond donors (Lipinski definition) is 0. The van der Waals surface area contributed by atoms with Gasteiger partial charge in [0.1, 0.15) is 10.8 Å². The van der Waals surface area contributed by atoms with Crippen molar-refractivity contribution in [2.75, 3.05) is 27.7 Å². The van der Waals surface area contributed by atoms with Crippen LogP contribution in [0.4, 0.5) is 0 Å². The van der Waals surface area contributed by atoms with Gasteiger partial charge in [-0.15, -0.1) is 11.3 Å². The van der Waals surface area contributed by atoms with E-state index in [1.165, 1.54) is 4.70 Å². The van der Waals surface area contributed by atoms with Crippen LogP contribution in [-0.2, 0) is 17.9 Å². The molecule has 3 rings (SSSR count). The Labute approximate surface area is 157 Å². The van der Waals surface area contributed by atoms with E-state index in [0.717, 1.165) is 21.8 Å². The normalized spacial score (nSPS) is 11.1. The maximum absolute atomic E-state index is 12.5. The number of aromatic nitrogens is 1. The van der Waals surface area contributed by atoms with Crippen molar-refractivity contribution in [2.24, 2.45) is 0 Å². The van der Waals surface area contributed by atoms with Crippen molar-refractivity contribution in [3.8, 4) is 5.75 Å². The molecule has 26 heavy (non-hydrogen) atoms. The van der Waals surface area contributed by atoms with E-state index in [1.54, 1.807) is 23.3 Å². The first-order valence-corrected chi connectivity index (χ1v) is 9.26. The molecule has 5 nitrogen and oxygen atoms in total. The highest BCUT2D eigenvalue weighted by molar-refractivity contribution is 7.18. The van der Waals surface area contributed by atoms with Crippen LogP contribution in [0.3, 0.4) is 0 Å². The summed E-state index contributed by atoms with van der Waals surface area (Å²) in [6, 6.07) is 15.9. The molecule has 1 aromatic heterocycles. The highest BCUT2D eigenvalue weighted by atomic mass is 32.1. The maximum Gasteiger partial charge on any atom is 0.236 e. The predicted octanol–water partition coefficient (Wildman–Crippen LogP) is 3.40. The van der Waals surface area contributed by atoms with Crippen molar-refractivity contribution in [1.29, 1.82) is 0 Å². The van der Waals surface area contributed by atoms with Crippen molar-refractivity contribution in [3.05, 3.63) is 59.1 Å². The fourth-order valence-electron chi connectivity index (χ4n) is 2.72. The Kier molecular flexibility index (Phi) is 5.85. The molecule has 1 amide bonds. The van der Waals surface area contributed by atoms with Gasteiger partial charge < -0.3 is 9.64 Å². The summed E-state index contributed by atoms with van der Waals surface area (Å²) in [6.07, 6.45) is 0. The minimum atomic E-state index is 0.0874. The van der Waals surface area contributed by atoms with Crippen molar-refractivity contribution in [3.63, 3.8) is 0 Å². The quantitative estimate of drug-likeness (QED) is 0.640. The summed E-state index contributed by atoms with van der Waals surface area (Å²) in [4.78, 5) is 20.9. The maximum atomic E-state index is 12.5. The zero-order valence-electron chi connectivity index (χ0n) is 15.3. The number of fused-ring (bicyclic) bond motifs is 1. The number of methoxy groups -OCH3 is 1. The number of hydrogen-bond acceptors (Lipinski definition) is 5. The zero-order chi connectivity index (χ0) is 18.5. The molecule has 0 radical (unpaired) electrons. The number of likely N-dealkylation sites (N-methyl/N-ethyl adjacent to an activating group) is 2. The summed E-state index contributed by atoms with van der Waals surface area (Å²) in [5, 5.41) is 1.03. The van der Waals surface area contributed by atoms with Crippen LogP contribution in [0.1, 0.15) is 10.6 Å². The number of para-hydroxylation sites is 1. The number of amides is 1. The van der Waals surface area contributed by atoms with Crippen LogP contribution in [0.15, 0.2) is 48.5 Å². The van der Waals surface area contributed by atoms with E-state index < -0.39 is 0 Å². The molecule has 2 aromatic carbocycles. The second kappa shape index (κ2) is 8.29. The van der Waals surface area contributed by atoms with Gasteiger partial charge in [-0.2, -0.15) is 0 Å². The fourth-order valence-corrected chi connectivity index (χ4v) is 3.77. The Bertz CT molecular complexity index is 843. The summed E-state index contributed by atoms with van der Waals surface area (Å²) >= 11 is 1.68. The monoisotopic (exact) mass is 369 g/mol. The van der Waals surface area contributed by atoms with E-state index in [1.807, 2.05) is 61.5 Å². The van der Waals surface area contributed by atoms with Gasteiger partial charge in [0.25, 0.3) is 0 Å². The Hall–Kier alpha value is -2.44. The number of benzene rings is 2. The Morgan fingerprint density at radius 1 is 1.08 bits per heavy atom. The molecule has 0 spiro atoms. The molecule has 0 unspecified atom stereocenters. The number of carbonyl (C=O) groups is 1. The van der Waals surface area contributed by atoms with Crippen LogP contribution in [0, 0.1) is 0 Å². The van der Waals surface area contributed by atoms with E-state index >= 15 is 0 Å². The SMILES string of the molecule is COc1ccc(CN(C)C(=O)CN(C)Cc2nc3ccccc3s2)cc1. The lowest BCUT2D eigenvalue weighted by molar-refractivity contribution is -0.131. The molecule has 0 saturated carbocycles. The van der Waals surface area contributed by atoms with E-state index in [-0.39, 0.29) is 5.91 Å². The third-order valence-corrected chi connectivity index (χ3v) is 5.17. The molecule has 136 valence electrons. The second-order valence-corrected chi connectivity index (χ2v) is 7.46. The smallest absolute Gasteiger partial charge is 0.236 e. The van der Waals surface area contributed by atoms with E-state index in [0.29, 0.717) is 19.6 Å². The molecular formula is C20H23N3O2S. The highest BCUT2D eigenvalue weighted by Gasteiger charge is 2.14. The molecule has 0 N–H and O–H groups in total. The van der Waals surface area contributed by atoms with Crippen molar-refractivity contribution < 1.29 is 9.53 Å². The molecule has 1 heterocycles. The van der Waals surface area contributed by atoms with Gasteiger partial charge in [0, 0.05) is 13.6 Å². The van der Waals surface area contributed by atoms with Crippen LogP contribution in [0.25, 0.3) is 10.2 Å². The Morgan fingerprint density at radius 3 is 2.50 bits per heavy atom. The molecule has 6 heteroatoms. The first kappa shape index (κ1) is 18.4. The summed E-state index contributed by atoms with van der Waals surface area (Å²) < 4.78 is 6.34. The van der Waals surface area contributed by atoms with E-state index in [2.05, 4.69) is 11.1 Å². The molecule has 0 aliphatic heterocycles. The Balaban J connectivity index is 1.53. The fraction of sp³-hybridized carbons (Fsp3) is 0.300. The third-order valence-electron chi connectivity index (χ3n) is 4.15. The summed E-state index contributed by atoms with van der Waals surface area (Å²) in [5.41, 5.74) is 2.10. The molecule has 0 bridgehead atoms. The lowest BCUT2D eigenvalue weighted by Gasteiger charge is -2.21. The van der Waals surface area contributed by atoms with Gasteiger partial charge >= 0.3 is 0 Å². The van der Waals surface area contributed by atoms with Gasteiger partial charge in [-0.05, 0) is 36.9 Å². The molecule has 0 aliphatic carbocycles. The van der Waals surface area contributed by atoms with Gasteiger partial charge in [-0.25, -0.2) is 4.98 Å². The minimum absolute atomic E-state index is 0.0874. The number of thiazole rings is 1. The van der Waals surface area contributed by atoms with Crippen LogP contribution in [-0.4, -0.2) is 48.4 Å².